The van der Waals surface area contributed by atoms with Crippen molar-refractivity contribution in [2.24, 2.45) is 0 Å². The summed E-state index contributed by atoms with van der Waals surface area (Å²) < 4.78 is 10.9. The monoisotopic (exact) mass is 317 g/mol. The summed E-state index contributed by atoms with van der Waals surface area (Å²) in [7, 11) is 0. The largest absolute Gasteiger partial charge is 0.463 e. The van der Waals surface area contributed by atoms with Crippen molar-refractivity contribution in [1.29, 1.82) is 0 Å². The van der Waals surface area contributed by atoms with E-state index in [4.69, 9.17) is 9.15 Å². The minimum Gasteiger partial charge on any atom is -0.463 e. The number of furan rings is 1. The summed E-state index contributed by atoms with van der Waals surface area (Å²) in [6.07, 6.45) is 0.250. The summed E-state index contributed by atoms with van der Waals surface area (Å²) in [4.78, 5) is 11.8. The number of rotatable bonds is 8. The van der Waals surface area contributed by atoms with Crippen LogP contribution in [0, 0.1) is 6.92 Å². The number of carbonyl (C=O) groups excluding carboxylic acids is 1. The highest BCUT2D eigenvalue weighted by Gasteiger charge is 2.27. The van der Waals surface area contributed by atoms with Crippen molar-refractivity contribution in [2.75, 3.05) is 13.2 Å². The molecular formula is C18H23NO4. The first-order valence-electron chi connectivity index (χ1n) is 7.65. The van der Waals surface area contributed by atoms with Crippen LogP contribution < -0.4 is 5.32 Å². The van der Waals surface area contributed by atoms with Crippen molar-refractivity contribution in [3.63, 3.8) is 0 Å². The van der Waals surface area contributed by atoms with Gasteiger partial charge in [-0.1, -0.05) is 30.3 Å². The Morgan fingerprint density at radius 1 is 1.26 bits per heavy atom. The molecule has 2 N–H and O–H groups in total. The van der Waals surface area contributed by atoms with E-state index in [2.05, 4.69) is 5.32 Å². The zero-order chi connectivity index (χ0) is 16.7. The molecule has 0 aliphatic carbocycles. The molecule has 0 spiro atoms. The van der Waals surface area contributed by atoms with E-state index < -0.39 is 5.60 Å². The van der Waals surface area contributed by atoms with Gasteiger partial charge in [0.2, 0.25) is 5.91 Å². The Hall–Kier alpha value is -2.11. The van der Waals surface area contributed by atoms with Gasteiger partial charge >= 0.3 is 0 Å². The first-order chi connectivity index (χ1) is 11.0. The first-order valence-corrected chi connectivity index (χ1v) is 7.65. The highest BCUT2D eigenvalue weighted by Crippen LogP contribution is 2.21. The summed E-state index contributed by atoms with van der Waals surface area (Å²) in [5.41, 5.74) is -0.154. The summed E-state index contributed by atoms with van der Waals surface area (Å²) in [5, 5.41) is 13.0. The Balaban J connectivity index is 1.67. The smallest absolute Gasteiger partial charge is 0.222 e. The Bertz CT molecular complexity index is 619. The predicted molar refractivity (Wildman–Crippen MR) is 86.7 cm³/mol. The third-order valence-corrected chi connectivity index (χ3v) is 3.49. The molecule has 1 unspecified atom stereocenters. The second-order valence-electron chi connectivity index (χ2n) is 5.75. The van der Waals surface area contributed by atoms with Crippen molar-refractivity contribution in [3.05, 3.63) is 59.5 Å². The molecule has 124 valence electrons. The number of hydrogen-bond donors (Lipinski definition) is 2. The maximum absolute atomic E-state index is 11.8. The molecule has 1 aromatic heterocycles. The standard InChI is InChI=1S/C18H23NO4/c1-14-8-9-16(23-14)18(2,21)13-19-17(20)10-11-22-12-15-6-4-3-5-7-15/h3-9,21H,10-13H2,1-2H3,(H,19,20). The second-order valence-corrected chi connectivity index (χ2v) is 5.75. The van der Waals surface area contributed by atoms with Crippen LogP contribution in [-0.4, -0.2) is 24.2 Å². The molecule has 1 aromatic carbocycles. The van der Waals surface area contributed by atoms with Crippen molar-refractivity contribution in [1.82, 2.24) is 5.32 Å². The van der Waals surface area contributed by atoms with Crippen LogP contribution in [0.3, 0.4) is 0 Å². The van der Waals surface area contributed by atoms with Gasteiger partial charge in [-0.3, -0.25) is 4.79 Å². The molecule has 5 heteroatoms. The molecule has 0 saturated carbocycles. The van der Waals surface area contributed by atoms with Crippen LogP contribution in [0.5, 0.6) is 0 Å². The van der Waals surface area contributed by atoms with Crippen LogP contribution in [0.1, 0.15) is 30.4 Å². The zero-order valence-corrected chi connectivity index (χ0v) is 13.5. The lowest BCUT2D eigenvalue weighted by Crippen LogP contribution is -2.38. The summed E-state index contributed by atoms with van der Waals surface area (Å²) in [6, 6.07) is 13.3. The Kier molecular flexibility index (Phi) is 5.96. The molecule has 1 atom stereocenters. The van der Waals surface area contributed by atoms with Crippen LogP contribution in [-0.2, 0) is 21.7 Å². The van der Waals surface area contributed by atoms with Crippen LogP contribution >= 0.6 is 0 Å². The molecule has 0 saturated heterocycles. The van der Waals surface area contributed by atoms with Gasteiger partial charge in [0.05, 0.1) is 19.8 Å². The fourth-order valence-corrected chi connectivity index (χ4v) is 2.10. The van der Waals surface area contributed by atoms with Crippen molar-refractivity contribution in [3.8, 4) is 0 Å². The van der Waals surface area contributed by atoms with Gasteiger partial charge in [-0.2, -0.15) is 0 Å². The lowest BCUT2D eigenvalue weighted by atomic mass is 10.0. The van der Waals surface area contributed by atoms with E-state index in [1.54, 1.807) is 19.1 Å². The molecule has 0 aliphatic rings. The molecule has 0 fully saturated rings. The zero-order valence-electron chi connectivity index (χ0n) is 13.5. The van der Waals surface area contributed by atoms with E-state index in [0.29, 0.717) is 19.0 Å². The fourth-order valence-electron chi connectivity index (χ4n) is 2.10. The maximum Gasteiger partial charge on any atom is 0.222 e. The van der Waals surface area contributed by atoms with Crippen LogP contribution in [0.2, 0.25) is 0 Å². The molecule has 5 nitrogen and oxygen atoms in total. The Morgan fingerprint density at radius 2 is 2.00 bits per heavy atom. The van der Waals surface area contributed by atoms with E-state index >= 15 is 0 Å². The molecule has 1 amide bonds. The number of ether oxygens (including phenoxy) is 1. The highest BCUT2D eigenvalue weighted by atomic mass is 16.5. The normalized spacial score (nSPS) is 13.5. The van der Waals surface area contributed by atoms with Crippen LogP contribution in [0.25, 0.3) is 0 Å². The third kappa shape index (κ3) is 5.54. The molecular weight excluding hydrogens is 294 g/mol. The number of aryl methyl sites for hydroxylation is 1. The predicted octanol–water partition coefficient (Wildman–Crippen LogP) is 2.52. The van der Waals surface area contributed by atoms with Crippen molar-refractivity contribution < 1.29 is 19.1 Å². The lowest BCUT2D eigenvalue weighted by molar-refractivity contribution is -0.123. The van der Waals surface area contributed by atoms with Crippen molar-refractivity contribution >= 4 is 5.91 Å². The number of carbonyl (C=O) groups is 1. The third-order valence-electron chi connectivity index (χ3n) is 3.49. The van der Waals surface area contributed by atoms with E-state index in [1.807, 2.05) is 37.3 Å². The molecule has 2 aromatic rings. The summed E-state index contributed by atoms with van der Waals surface area (Å²) >= 11 is 0. The van der Waals surface area contributed by atoms with Gasteiger partial charge in [-0.15, -0.1) is 0 Å². The lowest BCUT2D eigenvalue weighted by Gasteiger charge is -2.21. The fraction of sp³-hybridized carbons (Fsp3) is 0.389. The summed E-state index contributed by atoms with van der Waals surface area (Å²) in [5.74, 6) is 0.998. The van der Waals surface area contributed by atoms with Gasteiger partial charge in [0, 0.05) is 6.42 Å². The Labute approximate surface area is 136 Å². The summed E-state index contributed by atoms with van der Waals surface area (Å²) in [6.45, 7) is 4.33. The minimum atomic E-state index is -1.23. The molecule has 1 heterocycles. The molecule has 0 aliphatic heterocycles. The van der Waals surface area contributed by atoms with Crippen LogP contribution in [0.15, 0.2) is 46.9 Å². The van der Waals surface area contributed by atoms with Gasteiger partial charge in [0.1, 0.15) is 17.1 Å². The minimum absolute atomic E-state index is 0.0947. The molecule has 0 bridgehead atoms. The number of hydrogen-bond acceptors (Lipinski definition) is 4. The van der Waals surface area contributed by atoms with Gasteiger partial charge in [0.25, 0.3) is 0 Å². The number of benzene rings is 1. The quantitative estimate of drug-likeness (QED) is 0.734. The van der Waals surface area contributed by atoms with Gasteiger partial charge < -0.3 is 19.6 Å². The topological polar surface area (TPSA) is 71.7 Å². The molecule has 0 radical (unpaired) electrons. The average molecular weight is 317 g/mol. The molecule has 23 heavy (non-hydrogen) atoms. The van der Waals surface area contributed by atoms with Crippen LogP contribution in [0.4, 0.5) is 0 Å². The highest BCUT2D eigenvalue weighted by molar-refractivity contribution is 5.76. The maximum atomic E-state index is 11.8. The molecule has 2 rings (SSSR count). The average Bonchev–Trinajstić information content (AvgIpc) is 2.98. The second kappa shape index (κ2) is 7.94. The Morgan fingerprint density at radius 3 is 2.65 bits per heavy atom. The number of nitrogens with one attached hydrogen (secondary N) is 1. The van der Waals surface area contributed by atoms with E-state index in [1.165, 1.54) is 0 Å². The van der Waals surface area contributed by atoms with Crippen molar-refractivity contribution in [2.45, 2.75) is 32.5 Å². The first kappa shape index (κ1) is 17.2. The van der Waals surface area contributed by atoms with Gasteiger partial charge in [0.15, 0.2) is 0 Å². The number of aliphatic hydroxyl groups is 1. The van der Waals surface area contributed by atoms with Gasteiger partial charge in [-0.05, 0) is 31.5 Å². The van der Waals surface area contributed by atoms with E-state index in [-0.39, 0.29) is 18.9 Å². The number of amides is 1. The van der Waals surface area contributed by atoms with Gasteiger partial charge in [-0.25, -0.2) is 0 Å². The van der Waals surface area contributed by atoms with E-state index in [9.17, 15) is 9.90 Å². The van der Waals surface area contributed by atoms with E-state index in [0.717, 1.165) is 11.3 Å². The SMILES string of the molecule is Cc1ccc(C(C)(O)CNC(=O)CCOCc2ccccc2)o1.